The Morgan fingerprint density at radius 2 is 1.85 bits per heavy atom. The highest BCUT2D eigenvalue weighted by Crippen LogP contribution is 2.17. The lowest BCUT2D eigenvalue weighted by Crippen LogP contribution is -2.27. The lowest BCUT2D eigenvalue weighted by Gasteiger charge is -2.11. The molecule has 0 unspecified atom stereocenters. The van der Waals surface area contributed by atoms with Crippen molar-refractivity contribution >= 4 is 22.4 Å². The molecule has 7 heteroatoms. The van der Waals surface area contributed by atoms with Crippen LogP contribution >= 0.6 is 0 Å². The number of benzene rings is 2. The zero-order valence-electron chi connectivity index (χ0n) is 14.1. The van der Waals surface area contributed by atoms with E-state index in [1.165, 1.54) is 10.7 Å². The van der Waals surface area contributed by atoms with Crippen LogP contribution in [-0.2, 0) is 6.54 Å². The molecule has 1 heterocycles. The number of halogens is 2. The van der Waals surface area contributed by atoms with Crippen LogP contribution in [0.2, 0.25) is 0 Å². The van der Waals surface area contributed by atoms with E-state index in [1.54, 1.807) is 24.3 Å². The van der Waals surface area contributed by atoms with Crippen molar-refractivity contribution in [1.29, 1.82) is 0 Å². The summed E-state index contributed by atoms with van der Waals surface area (Å²) in [5, 5.41) is 7.49. The van der Waals surface area contributed by atoms with Gasteiger partial charge in [0, 0.05) is 23.7 Å². The van der Waals surface area contributed by atoms with Gasteiger partial charge in [-0.15, -0.1) is 0 Å². The van der Waals surface area contributed by atoms with Crippen molar-refractivity contribution < 1.29 is 13.6 Å². The van der Waals surface area contributed by atoms with Gasteiger partial charge in [-0.3, -0.25) is 9.59 Å². The molecule has 2 aromatic carbocycles. The number of amides is 1. The zero-order chi connectivity index (χ0) is 18.7. The van der Waals surface area contributed by atoms with E-state index in [-0.39, 0.29) is 16.9 Å². The van der Waals surface area contributed by atoms with E-state index in [9.17, 15) is 18.4 Å². The number of nitrogens with one attached hydrogen (secondary N) is 1. The van der Waals surface area contributed by atoms with Gasteiger partial charge >= 0.3 is 0 Å². The summed E-state index contributed by atoms with van der Waals surface area (Å²) in [6, 6.07) is 9.76. The largest absolute Gasteiger partial charge is 0.320 e. The SMILES string of the molecule is CCCCn1nc(C(=O)Nc2ccc(F)c(F)c2)c2ccccc2c1=O. The number of unbranched alkanes of at least 4 members (excludes halogenated alkanes) is 1. The van der Waals surface area contributed by atoms with Crippen LogP contribution in [0.15, 0.2) is 47.3 Å². The molecule has 0 spiro atoms. The molecule has 1 aromatic heterocycles. The summed E-state index contributed by atoms with van der Waals surface area (Å²) in [7, 11) is 0. The number of hydrogen-bond acceptors (Lipinski definition) is 3. The standard InChI is InChI=1S/C19H17F2N3O2/c1-2-3-10-24-19(26)14-7-5-4-6-13(14)17(23-24)18(25)22-12-8-9-15(20)16(21)11-12/h4-9,11H,2-3,10H2,1H3,(H,22,25). The van der Waals surface area contributed by atoms with Crippen LogP contribution in [0.1, 0.15) is 30.3 Å². The van der Waals surface area contributed by atoms with E-state index in [2.05, 4.69) is 10.4 Å². The second-order valence-electron chi connectivity index (χ2n) is 5.86. The molecule has 26 heavy (non-hydrogen) atoms. The Bertz CT molecular complexity index is 1030. The first kappa shape index (κ1) is 17.7. The van der Waals surface area contributed by atoms with Crippen LogP contribution < -0.4 is 10.9 Å². The maximum Gasteiger partial charge on any atom is 0.276 e. The van der Waals surface area contributed by atoms with Crippen molar-refractivity contribution in [2.45, 2.75) is 26.3 Å². The van der Waals surface area contributed by atoms with Gasteiger partial charge in [0.15, 0.2) is 17.3 Å². The topological polar surface area (TPSA) is 64.0 Å². The van der Waals surface area contributed by atoms with Gasteiger partial charge in [0.25, 0.3) is 11.5 Å². The minimum atomic E-state index is -1.06. The second-order valence-corrected chi connectivity index (χ2v) is 5.86. The van der Waals surface area contributed by atoms with E-state index < -0.39 is 17.5 Å². The number of aryl methyl sites for hydroxylation is 1. The number of carbonyl (C=O) groups excluding carboxylic acids is 1. The van der Waals surface area contributed by atoms with E-state index in [0.717, 1.165) is 25.0 Å². The lowest BCUT2D eigenvalue weighted by molar-refractivity contribution is 0.102. The monoisotopic (exact) mass is 357 g/mol. The van der Waals surface area contributed by atoms with Gasteiger partial charge in [-0.2, -0.15) is 5.10 Å². The third kappa shape index (κ3) is 3.46. The molecule has 1 N–H and O–H groups in total. The molecule has 0 atom stereocenters. The number of aromatic nitrogens is 2. The number of fused-ring (bicyclic) bond motifs is 1. The highest BCUT2D eigenvalue weighted by molar-refractivity contribution is 6.11. The molecule has 3 rings (SSSR count). The Kier molecular flexibility index (Phi) is 5.06. The fourth-order valence-electron chi connectivity index (χ4n) is 2.63. The first-order chi connectivity index (χ1) is 12.5. The Balaban J connectivity index is 2.04. The first-order valence-electron chi connectivity index (χ1n) is 8.27. The summed E-state index contributed by atoms with van der Waals surface area (Å²) in [4.78, 5) is 25.2. The summed E-state index contributed by atoms with van der Waals surface area (Å²) in [5.41, 5.74) is -0.106. The third-order valence-corrected chi connectivity index (χ3v) is 3.98. The zero-order valence-corrected chi connectivity index (χ0v) is 14.1. The molecular weight excluding hydrogens is 340 g/mol. The summed E-state index contributed by atoms with van der Waals surface area (Å²) in [6.07, 6.45) is 1.62. The summed E-state index contributed by atoms with van der Waals surface area (Å²) < 4.78 is 27.7. The fraction of sp³-hybridized carbons (Fsp3) is 0.211. The molecule has 5 nitrogen and oxygen atoms in total. The average Bonchev–Trinajstić information content (AvgIpc) is 2.64. The molecule has 0 saturated heterocycles. The molecule has 134 valence electrons. The van der Waals surface area contributed by atoms with Gasteiger partial charge in [0.05, 0.1) is 5.39 Å². The molecule has 0 saturated carbocycles. The van der Waals surface area contributed by atoms with Crippen LogP contribution in [-0.4, -0.2) is 15.7 Å². The van der Waals surface area contributed by atoms with Crippen molar-refractivity contribution in [3.05, 3.63) is 70.1 Å². The van der Waals surface area contributed by atoms with Gasteiger partial charge in [0.2, 0.25) is 0 Å². The Morgan fingerprint density at radius 1 is 1.12 bits per heavy atom. The third-order valence-electron chi connectivity index (χ3n) is 3.98. The molecule has 3 aromatic rings. The van der Waals surface area contributed by atoms with Crippen LogP contribution in [0.25, 0.3) is 10.8 Å². The predicted molar refractivity (Wildman–Crippen MR) is 95.2 cm³/mol. The quantitative estimate of drug-likeness (QED) is 0.757. The molecule has 0 aliphatic rings. The van der Waals surface area contributed by atoms with Gasteiger partial charge < -0.3 is 5.32 Å². The van der Waals surface area contributed by atoms with Crippen LogP contribution in [0.3, 0.4) is 0 Å². The van der Waals surface area contributed by atoms with Gasteiger partial charge in [-0.25, -0.2) is 13.5 Å². The van der Waals surface area contributed by atoms with E-state index in [1.807, 2.05) is 6.92 Å². The highest BCUT2D eigenvalue weighted by atomic mass is 19.2. The lowest BCUT2D eigenvalue weighted by atomic mass is 10.1. The average molecular weight is 357 g/mol. The van der Waals surface area contributed by atoms with Gasteiger partial charge in [-0.1, -0.05) is 31.5 Å². The number of nitrogens with zero attached hydrogens (tertiary/aromatic N) is 2. The molecule has 0 radical (unpaired) electrons. The summed E-state index contributed by atoms with van der Waals surface area (Å²) >= 11 is 0. The molecule has 0 bridgehead atoms. The molecule has 0 fully saturated rings. The number of rotatable bonds is 5. The fourth-order valence-corrected chi connectivity index (χ4v) is 2.63. The maximum atomic E-state index is 13.4. The molecule has 0 aliphatic carbocycles. The van der Waals surface area contributed by atoms with Crippen LogP contribution in [0.4, 0.5) is 14.5 Å². The number of anilines is 1. The van der Waals surface area contributed by atoms with Gasteiger partial charge in [0.1, 0.15) is 0 Å². The second kappa shape index (κ2) is 7.43. The van der Waals surface area contributed by atoms with Crippen LogP contribution in [0.5, 0.6) is 0 Å². The normalized spacial score (nSPS) is 10.9. The van der Waals surface area contributed by atoms with Gasteiger partial charge in [-0.05, 0) is 24.6 Å². The molecule has 0 aliphatic heterocycles. The van der Waals surface area contributed by atoms with Crippen molar-refractivity contribution in [2.24, 2.45) is 0 Å². The van der Waals surface area contributed by atoms with Crippen molar-refractivity contribution in [3.63, 3.8) is 0 Å². The molecule has 1 amide bonds. The van der Waals surface area contributed by atoms with Crippen molar-refractivity contribution in [1.82, 2.24) is 9.78 Å². The Morgan fingerprint density at radius 3 is 2.54 bits per heavy atom. The van der Waals surface area contributed by atoms with E-state index in [4.69, 9.17) is 0 Å². The minimum Gasteiger partial charge on any atom is -0.320 e. The maximum absolute atomic E-state index is 13.4. The van der Waals surface area contributed by atoms with E-state index >= 15 is 0 Å². The number of hydrogen-bond donors (Lipinski definition) is 1. The molecular formula is C19H17F2N3O2. The minimum absolute atomic E-state index is 0.0565. The van der Waals surface area contributed by atoms with E-state index in [0.29, 0.717) is 17.3 Å². The smallest absolute Gasteiger partial charge is 0.276 e. The highest BCUT2D eigenvalue weighted by Gasteiger charge is 2.17. The Hall–Kier alpha value is -3.09. The first-order valence-corrected chi connectivity index (χ1v) is 8.27. The number of carbonyl (C=O) groups is 1. The van der Waals surface area contributed by atoms with Crippen molar-refractivity contribution in [3.8, 4) is 0 Å². The summed E-state index contributed by atoms with van der Waals surface area (Å²) in [5.74, 6) is -2.66. The predicted octanol–water partition coefficient (Wildman–Crippen LogP) is 3.73. The Labute approximate surface area is 148 Å². The summed E-state index contributed by atoms with van der Waals surface area (Å²) in [6.45, 7) is 2.38. The van der Waals surface area contributed by atoms with Crippen LogP contribution in [0, 0.1) is 11.6 Å². The van der Waals surface area contributed by atoms with Crippen molar-refractivity contribution in [2.75, 3.05) is 5.32 Å².